The average Bonchev–Trinajstić information content (AvgIpc) is 2.27. The fraction of sp³-hybridized carbons (Fsp3) is 1.00. The highest BCUT2D eigenvalue weighted by Crippen LogP contribution is 1.88. The van der Waals surface area contributed by atoms with E-state index in [2.05, 4.69) is 36.7 Å². The predicted molar refractivity (Wildman–Crippen MR) is 69.9 cm³/mol. The highest BCUT2D eigenvalue weighted by molar-refractivity contribution is 7.80. The lowest BCUT2D eigenvalue weighted by atomic mass is 10.4. The Morgan fingerprint density at radius 1 is 1.13 bits per heavy atom. The van der Waals surface area contributed by atoms with Gasteiger partial charge >= 0.3 is 0 Å². The minimum Gasteiger partial charge on any atom is -0.380 e. The smallest absolute Gasteiger partial charge is 0.0593 e. The van der Waals surface area contributed by atoms with E-state index in [1.165, 1.54) is 0 Å². The zero-order valence-electron chi connectivity index (χ0n) is 10.2. The van der Waals surface area contributed by atoms with Crippen LogP contribution in [0.15, 0.2) is 0 Å². The summed E-state index contributed by atoms with van der Waals surface area (Å²) < 4.78 is 5.55. The number of hydrogen-bond donors (Lipinski definition) is 2. The molecular formula is C11H26N2OS. The van der Waals surface area contributed by atoms with Crippen molar-refractivity contribution < 1.29 is 4.74 Å². The van der Waals surface area contributed by atoms with E-state index in [-0.39, 0.29) is 0 Å². The fourth-order valence-corrected chi connectivity index (χ4v) is 1.50. The first-order valence-corrected chi connectivity index (χ1v) is 6.60. The molecule has 15 heavy (non-hydrogen) atoms. The Kier molecular flexibility index (Phi) is 12.5. The van der Waals surface area contributed by atoms with Gasteiger partial charge in [0.25, 0.3) is 0 Å². The first-order chi connectivity index (χ1) is 7.35. The van der Waals surface area contributed by atoms with Crippen LogP contribution in [0.2, 0.25) is 0 Å². The van der Waals surface area contributed by atoms with E-state index in [1.54, 1.807) is 0 Å². The molecule has 0 radical (unpaired) electrons. The molecule has 0 aliphatic carbocycles. The number of thiol groups is 1. The summed E-state index contributed by atoms with van der Waals surface area (Å²) in [7, 11) is 0. The molecule has 3 nitrogen and oxygen atoms in total. The molecule has 0 saturated carbocycles. The summed E-state index contributed by atoms with van der Waals surface area (Å²) in [4.78, 5) is 2.37. The van der Waals surface area contributed by atoms with Crippen molar-refractivity contribution in [2.75, 3.05) is 51.7 Å². The molecule has 4 heteroatoms. The summed E-state index contributed by atoms with van der Waals surface area (Å²) in [5.41, 5.74) is 0. The molecule has 0 aromatic rings. The SMILES string of the molecule is CCN(CC)CCOCCCNCCS. The van der Waals surface area contributed by atoms with E-state index in [0.717, 1.165) is 58.1 Å². The van der Waals surface area contributed by atoms with Crippen LogP contribution in [0.4, 0.5) is 0 Å². The lowest BCUT2D eigenvalue weighted by Gasteiger charge is -2.17. The first kappa shape index (κ1) is 15.2. The van der Waals surface area contributed by atoms with Gasteiger partial charge in [-0.2, -0.15) is 12.6 Å². The summed E-state index contributed by atoms with van der Waals surface area (Å²) in [6.45, 7) is 11.4. The van der Waals surface area contributed by atoms with Gasteiger partial charge in [0.1, 0.15) is 0 Å². The van der Waals surface area contributed by atoms with Gasteiger partial charge in [-0.25, -0.2) is 0 Å². The van der Waals surface area contributed by atoms with Crippen LogP contribution >= 0.6 is 12.6 Å². The summed E-state index contributed by atoms with van der Waals surface area (Å²) in [5.74, 6) is 0.906. The molecule has 0 rings (SSSR count). The highest BCUT2D eigenvalue weighted by Gasteiger charge is 1.97. The summed E-state index contributed by atoms with van der Waals surface area (Å²) in [6.07, 6.45) is 1.09. The van der Waals surface area contributed by atoms with Gasteiger partial charge in [0.2, 0.25) is 0 Å². The van der Waals surface area contributed by atoms with Gasteiger partial charge < -0.3 is 15.0 Å². The zero-order valence-corrected chi connectivity index (χ0v) is 11.1. The molecule has 92 valence electrons. The zero-order chi connectivity index (χ0) is 11.4. The molecule has 0 bridgehead atoms. The van der Waals surface area contributed by atoms with Crippen molar-refractivity contribution in [3.63, 3.8) is 0 Å². The minimum absolute atomic E-state index is 0.855. The van der Waals surface area contributed by atoms with Crippen LogP contribution in [-0.4, -0.2) is 56.6 Å². The predicted octanol–water partition coefficient (Wildman–Crippen LogP) is 1.25. The Hall–Kier alpha value is 0.230. The van der Waals surface area contributed by atoms with Gasteiger partial charge in [-0.15, -0.1) is 0 Å². The van der Waals surface area contributed by atoms with Crippen LogP contribution in [0, 0.1) is 0 Å². The maximum atomic E-state index is 5.55. The van der Waals surface area contributed by atoms with Gasteiger partial charge in [-0.05, 0) is 26.1 Å². The first-order valence-electron chi connectivity index (χ1n) is 5.96. The van der Waals surface area contributed by atoms with E-state index < -0.39 is 0 Å². The second-order valence-corrected chi connectivity index (χ2v) is 3.91. The van der Waals surface area contributed by atoms with Gasteiger partial charge in [-0.1, -0.05) is 13.8 Å². The Morgan fingerprint density at radius 2 is 1.87 bits per heavy atom. The van der Waals surface area contributed by atoms with Crippen LogP contribution < -0.4 is 5.32 Å². The van der Waals surface area contributed by atoms with Gasteiger partial charge in [0, 0.05) is 25.4 Å². The number of ether oxygens (including phenoxy) is 1. The van der Waals surface area contributed by atoms with Crippen LogP contribution in [0.5, 0.6) is 0 Å². The molecule has 0 spiro atoms. The second-order valence-electron chi connectivity index (χ2n) is 3.47. The van der Waals surface area contributed by atoms with Crippen molar-refractivity contribution in [1.29, 1.82) is 0 Å². The molecule has 1 N–H and O–H groups in total. The lowest BCUT2D eigenvalue weighted by Crippen LogP contribution is -2.27. The molecule has 0 fully saturated rings. The highest BCUT2D eigenvalue weighted by atomic mass is 32.1. The Balaban J connectivity index is 3.04. The van der Waals surface area contributed by atoms with Gasteiger partial charge in [-0.3, -0.25) is 0 Å². The van der Waals surface area contributed by atoms with Crippen molar-refractivity contribution in [2.45, 2.75) is 20.3 Å². The standard InChI is InChI=1S/C11H26N2OS/c1-3-13(4-2)8-10-14-9-5-6-12-7-11-15/h12,15H,3-11H2,1-2H3. The van der Waals surface area contributed by atoms with E-state index in [9.17, 15) is 0 Å². The topological polar surface area (TPSA) is 24.5 Å². The molecule has 0 atom stereocenters. The van der Waals surface area contributed by atoms with Gasteiger partial charge in [0.15, 0.2) is 0 Å². The number of nitrogens with zero attached hydrogens (tertiary/aromatic N) is 1. The number of hydrogen-bond acceptors (Lipinski definition) is 4. The summed E-state index contributed by atoms with van der Waals surface area (Å²) in [5, 5.41) is 3.29. The summed E-state index contributed by atoms with van der Waals surface area (Å²) >= 11 is 4.12. The number of likely N-dealkylation sites (N-methyl/N-ethyl adjacent to an activating group) is 1. The van der Waals surface area contributed by atoms with Gasteiger partial charge in [0.05, 0.1) is 6.61 Å². The maximum Gasteiger partial charge on any atom is 0.0593 e. The molecular weight excluding hydrogens is 208 g/mol. The molecule has 0 aliphatic heterocycles. The molecule has 0 unspecified atom stereocenters. The van der Waals surface area contributed by atoms with Crippen LogP contribution in [0.25, 0.3) is 0 Å². The molecule has 0 saturated heterocycles. The molecule has 0 amide bonds. The molecule has 0 aromatic heterocycles. The van der Waals surface area contributed by atoms with E-state index in [4.69, 9.17) is 4.74 Å². The van der Waals surface area contributed by atoms with Crippen molar-refractivity contribution in [3.8, 4) is 0 Å². The molecule has 0 aromatic carbocycles. The van der Waals surface area contributed by atoms with Crippen molar-refractivity contribution in [1.82, 2.24) is 10.2 Å². The Labute approximate surface area is 100.0 Å². The summed E-state index contributed by atoms with van der Waals surface area (Å²) in [6, 6.07) is 0. The van der Waals surface area contributed by atoms with Crippen molar-refractivity contribution >= 4 is 12.6 Å². The molecule has 0 heterocycles. The average molecular weight is 234 g/mol. The minimum atomic E-state index is 0.855. The van der Waals surface area contributed by atoms with Crippen molar-refractivity contribution in [3.05, 3.63) is 0 Å². The third kappa shape index (κ3) is 10.5. The van der Waals surface area contributed by atoms with Crippen LogP contribution in [0.1, 0.15) is 20.3 Å². The third-order valence-corrected chi connectivity index (χ3v) is 2.60. The second kappa shape index (κ2) is 12.3. The lowest BCUT2D eigenvalue weighted by molar-refractivity contribution is 0.105. The number of rotatable bonds is 11. The third-order valence-electron chi connectivity index (χ3n) is 2.38. The van der Waals surface area contributed by atoms with Crippen molar-refractivity contribution in [2.24, 2.45) is 0 Å². The Bertz CT molecular complexity index is 121. The fourth-order valence-electron chi connectivity index (χ4n) is 1.34. The van der Waals surface area contributed by atoms with E-state index in [0.29, 0.717) is 0 Å². The molecule has 0 aliphatic rings. The monoisotopic (exact) mass is 234 g/mol. The van der Waals surface area contributed by atoms with Crippen LogP contribution in [0.3, 0.4) is 0 Å². The van der Waals surface area contributed by atoms with Crippen LogP contribution in [-0.2, 0) is 4.74 Å². The van der Waals surface area contributed by atoms with E-state index in [1.807, 2.05) is 0 Å². The Morgan fingerprint density at radius 3 is 2.47 bits per heavy atom. The van der Waals surface area contributed by atoms with E-state index >= 15 is 0 Å². The normalized spacial score (nSPS) is 11.2. The quantitative estimate of drug-likeness (QED) is 0.416. The number of nitrogens with one attached hydrogen (secondary N) is 1. The largest absolute Gasteiger partial charge is 0.380 e. The maximum absolute atomic E-state index is 5.55.